The molecule has 0 bridgehead atoms. The van der Waals surface area contributed by atoms with E-state index in [1.165, 1.54) is 0 Å². The van der Waals surface area contributed by atoms with Crippen molar-refractivity contribution in [2.24, 2.45) is 0 Å². The van der Waals surface area contributed by atoms with Crippen LogP contribution < -0.4 is 5.32 Å². The zero-order chi connectivity index (χ0) is 9.72. The van der Waals surface area contributed by atoms with Crippen LogP contribution in [0.2, 0.25) is 0 Å². The number of Topliss-reactive ketones (excluding diaryl/α,β-unsaturated/α-hetero) is 1. The summed E-state index contributed by atoms with van der Waals surface area (Å²) in [5.74, 6) is -1.41. The summed E-state index contributed by atoms with van der Waals surface area (Å²) in [7, 11) is 1.10. The fourth-order valence-corrected chi connectivity index (χ4v) is 0.454. The summed E-state index contributed by atoms with van der Waals surface area (Å²) >= 11 is 5.30. The van der Waals surface area contributed by atoms with Crippen LogP contribution in [-0.4, -0.2) is 30.3 Å². The summed E-state index contributed by atoms with van der Waals surface area (Å²) in [5, 5.41) is 0.414. The summed E-state index contributed by atoms with van der Waals surface area (Å²) in [4.78, 5) is 31.7. The van der Waals surface area contributed by atoms with Crippen LogP contribution in [0.25, 0.3) is 0 Å². The van der Waals surface area contributed by atoms with E-state index < -0.39 is 23.2 Å². The van der Waals surface area contributed by atoms with Crippen LogP contribution in [0.3, 0.4) is 0 Å². The highest BCUT2D eigenvalue weighted by Gasteiger charge is 2.21. The van der Waals surface area contributed by atoms with Gasteiger partial charge in [-0.2, -0.15) is 0 Å². The molecule has 0 radical (unpaired) electrons. The maximum absolute atomic E-state index is 10.8. The summed E-state index contributed by atoms with van der Waals surface area (Å²) in [6, 6.07) is 0. The first-order valence-electron chi connectivity index (χ1n) is 3.02. The molecule has 0 aliphatic rings. The Bertz CT molecular complexity index is 216. The zero-order valence-corrected chi connectivity index (χ0v) is 7.34. The van der Waals surface area contributed by atoms with E-state index in [-0.39, 0.29) is 0 Å². The number of amides is 2. The van der Waals surface area contributed by atoms with Gasteiger partial charge in [0.15, 0.2) is 11.2 Å². The van der Waals surface area contributed by atoms with Gasteiger partial charge in [-0.05, 0) is 6.92 Å². The third kappa shape index (κ3) is 3.34. The minimum Gasteiger partial charge on any atom is -0.453 e. The molecule has 0 aliphatic carbocycles. The van der Waals surface area contributed by atoms with Crippen LogP contribution in [0.15, 0.2) is 0 Å². The van der Waals surface area contributed by atoms with Crippen LogP contribution in [-0.2, 0) is 14.3 Å². The first-order chi connectivity index (χ1) is 5.49. The number of ketones is 1. The van der Waals surface area contributed by atoms with Crippen molar-refractivity contribution in [1.29, 1.82) is 0 Å². The van der Waals surface area contributed by atoms with Crippen molar-refractivity contribution in [3.05, 3.63) is 0 Å². The molecule has 1 atom stereocenters. The average molecular weight is 194 g/mol. The van der Waals surface area contributed by atoms with Gasteiger partial charge >= 0.3 is 6.09 Å². The van der Waals surface area contributed by atoms with Gasteiger partial charge in [-0.3, -0.25) is 14.9 Å². The molecule has 68 valence electrons. The molecule has 5 nitrogen and oxygen atoms in total. The smallest absolute Gasteiger partial charge is 0.413 e. The predicted molar refractivity (Wildman–Crippen MR) is 40.9 cm³/mol. The molecule has 0 saturated heterocycles. The van der Waals surface area contributed by atoms with Crippen molar-refractivity contribution in [1.82, 2.24) is 5.32 Å². The summed E-state index contributed by atoms with van der Waals surface area (Å²) in [6.45, 7) is 1.15. The number of methoxy groups -OCH3 is 1. The fraction of sp³-hybridized carbons (Fsp3) is 0.500. The number of alkyl halides is 1. The summed E-state index contributed by atoms with van der Waals surface area (Å²) < 4.78 is 4.11. The van der Waals surface area contributed by atoms with Gasteiger partial charge in [0.25, 0.3) is 5.91 Å². The maximum atomic E-state index is 10.8. The number of rotatable bonds is 2. The number of carbonyl (C=O) groups is 3. The van der Waals surface area contributed by atoms with E-state index in [1.807, 2.05) is 0 Å². The monoisotopic (exact) mass is 193 g/mol. The zero-order valence-electron chi connectivity index (χ0n) is 6.59. The highest BCUT2D eigenvalue weighted by molar-refractivity contribution is 6.42. The van der Waals surface area contributed by atoms with Gasteiger partial charge in [0.1, 0.15) is 0 Å². The maximum Gasteiger partial charge on any atom is 0.413 e. The summed E-state index contributed by atoms with van der Waals surface area (Å²) in [6.07, 6.45) is -0.938. The lowest BCUT2D eigenvalue weighted by molar-refractivity contribution is -0.126. The Kier molecular flexibility index (Phi) is 4.28. The topological polar surface area (TPSA) is 72.5 Å². The molecule has 2 amide bonds. The third-order valence-electron chi connectivity index (χ3n) is 0.998. The number of halogens is 1. The fourth-order valence-electron chi connectivity index (χ4n) is 0.400. The highest BCUT2D eigenvalue weighted by Crippen LogP contribution is 1.96. The first kappa shape index (κ1) is 10.9. The molecule has 0 aromatic heterocycles. The van der Waals surface area contributed by atoms with Crippen molar-refractivity contribution in [2.75, 3.05) is 7.11 Å². The molecular formula is C6H8ClNO4. The lowest BCUT2D eigenvalue weighted by atomic mass is 10.3. The van der Waals surface area contributed by atoms with Crippen molar-refractivity contribution >= 4 is 29.4 Å². The van der Waals surface area contributed by atoms with Gasteiger partial charge in [-0.1, -0.05) is 0 Å². The molecule has 12 heavy (non-hydrogen) atoms. The Morgan fingerprint density at radius 3 is 2.25 bits per heavy atom. The lowest BCUT2D eigenvalue weighted by Crippen LogP contribution is -2.39. The third-order valence-corrected chi connectivity index (χ3v) is 1.50. The molecule has 1 N–H and O–H groups in total. The van der Waals surface area contributed by atoms with Gasteiger partial charge in [-0.25, -0.2) is 4.79 Å². The van der Waals surface area contributed by atoms with Crippen LogP contribution in [0.4, 0.5) is 4.79 Å². The second-order valence-electron chi connectivity index (χ2n) is 1.95. The Morgan fingerprint density at radius 2 is 1.92 bits per heavy atom. The van der Waals surface area contributed by atoms with Gasteiger partial charge in [0.2, 0.25) is 0 Å². The molecule has 0 aliphatic heterocycles. The molecule has 0 saturated carbocycles. The molecule has 0 spiro atoms. The molecule has 0 rings (SSSR count). The van der Waals surface area contributed by atoms with Gasteiger partial charge in [-0.15, -0.1) is 11.6 Å². The normalized spacial score (nSPS) is 11.6. The molecule has 6 heteroatoms. The number of hydrogen-bond donors (Lipinski definition) is 1. The Hall–Kier alpha value is -1.10. The van der Waals surface area contributed by atoms with Crippen LogP contribution in [0.5, 0.6) is 0 Å². The van der Waals surface area contributed by atoms with E-state index in [0.717, 1.165) is 14.0 Å². The summed E-state index contributed by atoms with van der Waals surface area (Å²) in [5.41, 5.74) is 0. The molecule has 0 heterocycles. The van der Waals surface area contributed by atoms with Crippen molar-refractivity contribution in [3.63, 3.8) is 0 Å². The molecule has 0 aromatic carbocycles. The average Bonchev–Trinajstić information content (AvgIpc) is 2.02. The first-order valence-corrected chi connectivity index (χ1v) is 3.46. The van der Waals surface area contributed by atoms with E-state index in [1.54, 1.807) is 5.32 Å². The van der Waals surface area contributed by atoms with Crippen LogP contribution in [0, 0.1) is 0 Å². The van der Waals surface area contributed by atoms with Crippen molar-refractivity contribution in [2.45, 2.75) is 12.3 Å². The van der Waals surface area contributed by atoms with E-state index in [0.29, 0.717) is 0 Å². The molecule has 1 unspecified atom stereocenters. The number of nitrogens with one attached hydrogen (secondary N) is 1. The van der Waals surface area contributed by atoms with E-state index in [2.05, 4.69) is 4.74 Å². The number of alkyl carbamates (subject to hydrolysis) is 1. The lowest BCUT2D eigenvalue weighted by Gasteiger charge is -2.04. The number of imide groups is 1. The molecule has 0 aromatic rings. The standard InChI is InChI=1S/C6H8ClNO4/c1-3(9)4(7)5(10)8-6(11)12-2/h4H,1-2H3,(H,8,10,11). The minimum atomic E-state index is -1.34. The van der Waals surface area contributed by atoms with Crippen molar-refractivity contribution < 1.29 is 19.1 Å². The predicted octanol–water partition coefficient (Wildman–Crippen LogP) is 0.0654. The number of hydrogen-bond acceptors (Lipinski definition) is 4. The SMILES string of the molecule is COC(=O)NC(=O)C(Cl)C(C)=O. The Morgan fingerprint density at radius 1 is 1.42 bits per heavy atom. The van der Waals surface area contributed by atoms with Crippen LogP contribution >= 0.6 is 11.6 Å². The van der Waals surface area contributed by atoms with E-state index >= 15 is 0 Å². The molecular weight excluding hydrogens is 186 g/mol. The van der Waals surface area contributed by atoms with Gasteiger partial charge < -0.3 is 4.74 Å². The molecule has 0 fully saturated rings. The van der Waals surface area contributed by atoms with E-state index in [4.69, 9.17) is 11.6 Å². The minimum absolute atomic E-state index is 0.530. The second kappa shape index (κ2) is 4.71. The quantitative estimate of drug-likeness (QED) is 0.498. The Labute approximate surface area is 74.0 Å². The van der Waals surface area contributed by atoms with Gasteiger partial charge in [0, 0.05) is 0 Å². The highest BCUT2D eigenvalue weighted by atomic mass is 35.5. The van der Waals surface area contributed by atoms with Crippen molar-refractivity contribution in [3.8, 4) is 0 Å². The Balaban J connectivity index is 4.04. The largest absolute Gasteiger partial charge is 0.453 e. The van der Waals surface area contributed by atoms with Crippen LogP contribution in [0.1, 0.15) is 6.92 Å². The van der Waals surface area contributed by atoms with Gasteiger partial charge in [0.05, 0.1) is 7.11 Å². The second-order valence-corrected chi connectivity index (χ2v) is 2.39. The number of carbonyl (C=O) groups excluding carboxylic acids is 3. The number of ether oxygens (including phenoxy) is 1. The van der Waals surface area contributed by atoms with E-state index in [9.17, 15) is 14.4 Å².